The van der Waals surface area contributed by atoms with Gasteiger partial charge in [-0.05, 0) is 24.3 Å². The van der Waals surface area contributed by atoms with Crippen LogP contribution in [0.4, 0.5) is 0 Å². The molecule has 0 bridgehead atoms. The van der Waals surface area contributed by atoms with Crippen molar-refractivity contribution in [2.24, 2.45) is 0 Å². The summed E-state index contributed by atoms with van der Waals surface area (Å²) < 4.78 is 58.9. The molecule has 7 nitrogen and oxygen atoms in total. The van der Waals surface area contributed by atoms with E-state index in [1.807, 2.05) is 0 Å². The predicted molar refractivity (Wildman–Crippen MR) is 83.3 cm³/mol. The van der Waals surface area contributed by atoms with E-state index < -0.39 is 19.9 Å². The lowest BCUT2D eigenvalue weighted by Crippen LogP contribution is -2.27. The first-order valence-corrected chi connectivity index (χ1v) is 10.0. The highest BCUT2D eigenvalue weighted by molar-refractivity contribution is 7.91. The van der Waals surface area contributed by atoms with Crippen LogP contribution in [0.3, 0.4) is 0 Å². The summed E-state index contributed by atoms with van der Waals surface area (Å²) in [5.74, 6) is 0.421. The Kier molecular flexibility index (Phi) is 7.27. The average molecular weight is 351 g/mol. The summed E-state index contributed by atoms with van der Waals surface area (Å²) in [6.45, 7) is 2.08. The van der Waals surface area contributed by atoms with Crippen LogP contribution < -0.4 is 9.46 Å². The molecular weight excluding hydrogens is 330 g/mol. The molecule has 0 heterocycles. The lowest BCUT2D eigenvalue weighted by molar-refractivity contribution is 0.204. The van der Waals surface area contributed by atoms with Crippen molar-refractivity contribution in [3.63, 3.8) is 0 Å². The second-order valence-corrected chi connectivity index (χ2v) is 8.69. The Morgan fingerprint density at radius 1 is 1.05 bits per heavy atom. The first-order valence-electron chi connectivity index (χ1n) is 6.72. The summed E-state index contributed by atoms with van der Waals surface area (Å²) in [4.78, 5) is 0.108. The maximum Gasteiger partial charge on any atom is 0.240 e. The summed E-state index contributed by atoms with van der Waals surface area (Å²) >= 11 is 0. The Bertz CT molecular complexity index is 652. The molecule has 1 rings (SSSR count). The van der Waals surface area contributed by atoms with Crippen molar-refractivity contribution in [2.45, 2.75) is 11.8 Å². The van der Waals surface area contributed by atoms with E-state index in [-0.39, 0.29) is 36.2 Å². The number of benzene rings is 1. The van der Waals surface area contributed by atoms with Gasteiger partial charge >= 0.3 is 0 Å². The summed E-state index contributed by atoms with van der Waals surface area (Å²) in [5, 5.41) is 0. The van der Waals surface area contributed by atoms with Crippen LogP contribution in [0.25, 0.3) is 0 Å². The van der Waals surface area contributed by atoms with Crippen molar-refractivity contribution in [1.82, 2.24) is 4.72 Å². The zero-order chi connectivity index (χ0) is 16.6. The monoisotopic (exact) mass is 351 g/mol. The van der Waals surface area contributed by atoms with Gasteiger partial charge in [-0.2, -0.15) is 0 Å². The van der Waals surface area contributed by atoms with E-state index >= 15 is 0 Å². The molecule has 0 fully saturated rings. The Hall–Kier alpha value is -1.16. The van der Waals surface area contributed by atoms with E-state index in [0.717, 1.165) is 0 Å². The van der Waals surface area contributed by atoms with Gasteiger partial charge in [0.05, 0.1) is 17.3 Å². The third kappa shape index (κ3) is 6.30. The molecule has 1 aromatic rings. The van der Waals surface area contributed by atoms with Gasteiger partial charge in [0.1, 0.15) is 12.4 Å². The number of hydrogen-bond donors (Lipinski definition) is 1. The van der Waals surface area contributed by atoms with Crippen LogP contribution in [0.15, 0.2) is 29.2 Å². The minimum absolute atomic E-state index is 0.0361. The molecule has 0 saturated heterocycles. The fourth-order valence-electron chi connectivity index (χ4n) is 1.51. The minimum Gasteiger partial charge on any atom is -0.493 e. The van der Waals surface area contributed by atoms with Crippen LogP contribution in [0.5, 0.6) is 5.75 Å². The fraction of sp³-hybridized carbons (Fsp3) is 0.538. The zero-order valence-electron chi connectivity index (χ0n) is 12.6. The topological polar surface area (TPSA) is 98.8 Å². The third-order valence-electron chi connectivity index (χ3n) is 2.84. The molecule has 0 amide bonds. The van der Waals surface area contributed by atoms with Gasteiger partial charge in [0.2, 0.25) is 10.0 Å². The molecular formula is C13H21NO6S2. The van der Waals surface area contributed by atoms with Crippen molar-refractivity contribution < 1.29 is 26.3 Å². The van der Waals surface area contributed by atoms with Gasteiger partial charge in [-0.25, -0.2) is 21.6 Å². The van der Waals surface area contributed by atoms with Gasteiger partial charge in [0.15, 0.2) is 9.84 Å². The van der Waals surface area contributed by atoms with E-state index in [2.05, 4.69) is 4.72 Å². The molecule has 0 aliphatic heterocycles. The van der Waals surface area contributed by atoms with E-state index in [0.29, 0.717) is 5.75 Å². The zero-order valence-corrected chi connectivity index (χ0v) is 14.2. The smallest absolute Gasteiger partial charge is 0.240 e. The SMILES string of the molecule is CCS(=O)(=O)CCOc1ccc(S(=O)(=O)NCCOC)cc1. The van der Waals surface area contributed by atoms with Gasteiger partial charge < -0.3 is 9.47 Å². The van der Waals surface area contributed by atoms with E-state index in [9.17, 15) is 16.8 Å². The molecule has 0 aliphatic carbocycles. The molecule has 0 aromatic heterocycles. The van der Waals surface area contributed by atoms with Crippen LogP contribution >= 0.6 is 0 Å². The lowest BCUT2D eigenvalue weighted by atomic mass is 10.3. The second kappa shape index (κ2) is 8.47. The van der Waals surface area contributed by atoms with Crippen LogP contribution in [0.1, 0.15) is 6.92 Å². The highest BCUT2D eigenvalue weighted by Gasteiger charge is 2.13. The number of rotatable bonds is 10. The molecule has 0 unspecified atom stereocenters. The normalized spacial score (nSPS) is 12.3. The molecule has 0 spiro atoms. The maximum absolute atomic E-state index is 11.9. The van der Waals surface area contributed by atoms with Gasteiger partial charge in [-0.1, -0.05) is 6.92 Å². The Balaban J connectivity index is 2.59. The van der Waals surface area contributed by atoms with Gasteiger partial charge in [0.25, 0.3) is 0 Å². The average Bonchev–Trinajstić information content (AvgIpc) is 2.48. The molecule has 9 heteroatoms. The number of nitrogens with one attached hydrogen (secondary N) is 1. The highest BCUT2D eigenvalue weighted by Crippen LogP contribution is 2.15. The van der Waals surface area contributed by atoms with Crippen molar-refractivity contribution in [3.05, 3.63) is 24.3 Å². The van der Waals surface area contributed by atoms with Gasteiger partial charge in [-0.3, -0.25) is 0 Å². The first kappa shape index (κ1) is 18.9. The Morgan fingerprint density at radius 3 is 2.23 bits per heavy atom. The van der Waals surface area contributed by atoms with Crippen LogP contribution in [-0.2, 0) is 24.6 Å². The van der Waals surface area contributed by atoms with Crippen molar-refractivity contribution in [1.29, 1.82) is 0 Å². The first-order chi connectivity index (χ1) is 10.3. The number of sulfone groups is 1. The van der Waals surface area contributed by atoms with Crippen molar-refractivity contribution >= 4 is 19.9 Å². The van der Waals surface area contributed by atoms with E-state index in [1.54, 1.807) is 6.92 Å². The van der Waals surface area contributed by atoms with Crippen molar-refractivity contribution in [2.75, 3.05) is 38.4 Å². The van der Waals surface area contributed by atoms with Crippen LogP contribution in [0, 0.1) is 0 Å². The number of ether oxygens (including phenoxy) is 2. The van der Waals surface area contributed by atoms with Crippen molar-refractivity contribution in [3.8, 4) is 5.75 Å². The highest BCUT2D eigenvalue weighted by atomic mass is 32.2. The quantitative estimate of drug-likeness (QED) is 0.614. The number of methoxy groups -OCH3 is 1. The van der Waals surface area contributed by atoms with E-state index in [1.165, 1.54) is 31.4 Å². The standard InChI is InChI=1S/C13H21NO6S2/c1-3-21(15,16)11-10-20-12-4-6-13(7-5-12)22(17,18)14-8-9-19-2/h4-7,14H,3,8-11H2,1-2H3. The molecule has 0 atom stereocenters. The molecule has 0 radical (unpaired) electrons. The third-order valence-corrected chi connectivity index (χ3v) is 5.98. The van der Waals surface area contributed by atoms with E-state index in [4.69, 9.17) is 9.47 Å². The molecule has 22 heavy (non-hydrogen) atoms. The Morgan fingerprint density at radius 2 is 1.68 bits per heavy atom. The van der Waals surface area contributed by atoms with Gasteiger partial charge in [0, 0.05) is 19.4 Å². The fourth-order valence-corrected chi connectivity index (χ4v) is 3.15. The minimum atomic E-state index is -3.58. The summed E-state index contributed by atoms with van der Waals surface area (Å²) in [7, 11) is -5.17. The predicted octanol–water partition coefficient (Wildman–Crippen LogP) is 0.425. The summed E-state index contributed by atoms with van der Waals surface area (Å²) in [6, 6.07) is 5.78. The molecule has 126 valence electrons. The maximum atomic E-state index is 11.9. The van der Waals surface area contributed by atoms with Crippen LogP contribution in [-0.4, -0.2) is 55.2 Å². The molecule has 1 N–H and O–H groups in total. The summed E-state index contributed by atoms with van der Waals surface area (Å²) in [6.07, 6.45) is 0. The largest absolute Gasteiger partial charge is 0.493 e. The summed E-state index contributed by atoms with van der Waals surface area (Å²) in [5.41, 5.74) is 0. The second-order valence-electron chi connectivity index (χ2n) is 4.45. The molecule has 0 saturated carbocycles. The lowest BCUT2D eigenvalue weighted by Gasteiger charge is -2.08. The van der Waals surface area contributed by atoms with Gasteiger partial charge in [-0.15, -0.1) is 0 Å². The van der Waals surface area contributed by atoms with Crippen LogP contribution in [0.2, 0.25) is 0 Å². The number of hydrogen-bond acceptors (Lipinski definition) is 6. The number of sulfonamides is 1. The Labute approximate surface area is 131 Å². The molecule has 1 aromatic carbocycles. The molecule has 0 aliphatic rings.